The molecule has 6 aliphatic heterocycles. The van der Waals surface area contributed by atoms with Crippen molar-refractivity contribution in [3.63, 3.8) is 0 Å². The lowest BCUT2D eigenvalue weighted by Gasteiger charge is -2.53. The lowest BCUT2D eigenvalue weighted by Crippen LogP contribution is -2.73. The van der Waals surface area contributed by atoms with Gasteiger partial charge in [0.05, 0.1) is 26.4 Å². The molecule has 7 rings (SSSR count). The number of phosphoric acid groups is 1. The number of ether oxygens (including phenoxy) is 12. The molecular formula is C68H104N5O34P. The van der Waals surface area contributed by atoms with Crippen LogP contribution in [0.2, 0.25) is 0 Å². The van der Waals surface area contributed by atoms with Gasteiger partial charge in [0.15, 0.2) is 74.0 Å². The van der Waals surface area contributed by atoms with Crippen LogP contribution in [0.4, 0.5) is 4.79 Å². The van der Waals surface area contributed by atoms with Crippen LogP contribution in [0.1, 0.15) is 120 Å². The number of carbonyl (C=O) groups excluding carboxylic acids is 6. The quantitative estimate of drug-likeness (QED) is 0.0255. The number of primary amides is 2. The van der Waals surface area contributed by atoms with E-state index in [-0.39, 0.29) is 24.9 Å². The van der Waals surface area contributed by atoms with Crippen LogP contribution in [0.15, 0.2) is 70.7 Å². The highest BCUT2D eigenvalue weighted by Gasteiger charge is 2.63. The molecule has 39 nitrogen and oxygen atoms in total. The summed E-state index contributed by atoms with van der Waals surface area (Å²) in [5.74, 6) is -7.80. The van der Waals surface area contributed by atoms with Crippen molar-refractivity contribution in [1.29, 1.82) is 0 Å². The fraction of sp³-hybridized carbons (Fsp3) is 0.721. The summed E-state index contributed by atoms with van der Waals surface area (Å²) < 4.78 is 95.5. The standard InChI is InChI=1S/C68H104N5O34P/c1-29(2)14-13-16-30(3)17-18-32(5)21-24-67(8,9)23-12-11-15-31(4)22-25-94-39(59(88)89)28-96-108(92,93)107-65-54(55(105-66(70)90)68(10,91)56(104-65)57(69)86)103-60-41(71-33(6)75)44(80)50-38(98-60)27-95-62-49(85)51(43(79)37(26-74)97-62)100-64-53(45(81)42(72-34(7)76)61(99-50)106-64)102-63-48(84)46(82)47(83)52(101-63)58(87)73-40-35(77)19-20-36(40)78/h12,14,17,22-23,37-39,41-56,60-65,74,77,79-85,91H,5,11,13,15-16,18-21,24-28H2,1-4,6-10H3,(H2,69,86)(H2,70,90)(H,71,75)(H,72,76)(H,73,87)(H,88,89)(H,92,93)/b23-12+,30-17+,31-22+/t37?,38?,39-,41?,42?,43-,44?,45?,46?,47-,48?,49?,50-,51?,52?,53+,54?,55?,56?,60+,61-,62-,63+,64?,65-,68+/m1/s1. The highest BCUT2D eigenvalue weighted by molar-refractivity contribution is 7.47. The summed E-state index contributed by atoms with van der Waals surface area (Å²) in [5, 5.41) is 132. The smallest absolute Gasteiger partial charge is 0.474 e. The normalized spacial score (nSPS) is 36.5. The van der Waals surface area contributed by atoms with E-state index in [0.717, 1.165) is 64.0 Å². The van der Waals surface area contributed by atoms with Crippen LogP contribution < -0.4 is 27.4 Å². The van der Waals surface area contributed by atoms with Crippen molar-refractivity contribution < 1.29 is 165 Å². The number of aliphatic hydroxyl groups excluding tert-OH is 9. The van der Waals surface area contributed by atoms with Crippen molar-refractivity contribution >= 4 is 49.3 Å². The highest BCUT2D eigenvalue weighted by Crippen LogP contribution is 2.49. The number of nitrogens with one attached hydrogen (secondary N) is 3. The number of carboxylic acids is 1. The Morgan fingerprint density at radius 2 is 1.38 bits per heavy atom. The van der Waals surface area contributed by atoms with Crippen molar-refractivity contribution in [2.45, 2.75) is 279 Å². The first-order valence-electron chi connectivity index (χ1n) is 35.0. The van der Waals surface area contributed by atoms with E-state index in [9.17, 15) is 99.2 Å². The molecule has 0 aromatic carbocycles. The number of phosphoric ester groups is 1. The molecule has 6 heterocycles. The number of fused-ring (bicyclic) bond motifs is 5. The molecule has 5 amide bonds. The maximum atomic E-state index is 14.1. The average molecular weight is 1570 g/mol. The summed E-state index contributed by atoms with van der Waals surface area (Å²) in [7, 11) is -5.83. The predicted molar refractivity (Wildman–Crippen MR) is 365 cm³/mol. The van der Waals surface area contributed by atoms with Gasteiger partial charge in [-0.25, -0.2) is 14.2 Å². The van der Waals surface area contributed by atoms with Gasteiger partial charge in [-0.3, -0.25) is 33.0 Å². The first kappa shape index (κ1) is 89.0. The van der Waals surface area contributed by atoms with Crippen molar-refractivity contribution in [2.24, 2.45) is 16.9 Å². The van der Waals surface area contributed by atoms with E-state index >= 15 is 0 Å². The zero-order valence-electron chi connectivity index (χ0n) is 61.2. The number of hydrogen-bond donors (Lipinski definition) is 17. The van der Waals surface area contributed by atoms with E-state index in [0.29, 0.717) is 12.8 Å². The molecular weight excluding hydrogens is 1460 g/mol. The van der Waals surface area contributed by atoms with E-state index in [1.807, 2.05) is 6.08 Å². The third kappa shape index (κ3) is 23.5. The Morgan fingerprint density at radius 3 is 2.00 bits per heavy atom. The summed E-state index contributed by atoms with van der Waals surface area (Å²) in [6, 6.07) is -4.08. The highest BCUT2D eigenvalue weighted by atomic mass is 31.2. The van der Waals surface area contributed by atoms with Gasteiger partial charge in [-0.05, 0) is 85.0 Å². The molecule has 0 spiro atoms. The SMILES string of the molecule is C=C(C/C=C(\C)CCC=C(C)C)CCC(C)(C)/C=C/CC/C(C)=C/CO[C@H](COP(=O)(O)O[C@H]1OC(C(N)=O)[C@@](C)(O)C(OC(N)=O)C1O[C@@H]1OC2CO[C@@H]3OC(CO)[C@@H](O)C(OC4O[C@@H](O[C@H]2C(O)C1NC(C)=O)C(NC(C)=O)C(O)[C@@H]4O[C@@H]1OC(C(=O)NC2=C(O)CCC2=O)[C@H](O)C(O)C1O)C3O)C(=O)O. The molecule has 6 saturated heterocycles. The Hall–Kier alpha value is -6.16. The summed E-state index contributed by atoms with van der Waals surface area (Å²) in [5.41, 5.74) is 12.0. The zero-order chi connectivity index (χ0) is 80.2. The maximum Gasteiger partial charge on any atom is 0.474 e. The molecule has 0 radical (unpaired) electrons. The van der Waals surface area contributed by atoms with Gasteiger partial charge in [0.1, 0.15) is 102 Å². The number of amides is 5. The molecule has 0 aromatic rings. The molecule has 16 unspecified atom stereocenters. The second kappa shape index (κ2) is 38.9. The Kier molecular flexibility index (Phi) is 32.0. The molecule has 19 N–H and O–H groups in total. The number of rotatable bonds is 32. The number of hydrogen-bond acceptors (Lipinski definition) is 32. The van der Waals surface area contributed by atoms with Crippen molar-refractivity contribution in [2.75, 3.05) is 26.4 Å². The summed E-state index contributed by atoms with van der Waals surface area (Å²) in [6.07, 6.45) is -37.8. The van der Waals surface area contributed by atoms with Gasteiger partial charge < -0.3 is 145 Å². The van der Waals surface area contributed by atoms with Crippen LogP contribution in [-0.4, -0.2) is 288 Å². The van der Waals surface area contributed by atoms with Crippen LogP contribution in [0.3, 0.4) is 0 Å². The molecule has 108 heavy (non-hydrogen) atoms. The zero-order valence-corrected chi connectivity index (χ0v) is 62.1. The minimum absolute atomic E-state index is 0.142. The second-order valence-corrected chi connectivity index (χ2v) is 30.0. The van der Waals surface area contributed by atoms with Gasteiger partial charge in [0.25, 0.3) is 5.91 Å². The topological polar surface area (TPSA) is 597 Å². The van der Waals surface area contributed by atoms with Crippen LogP contribution in [0.5, 0.6) is 0 Å². The lowest BCUT2D eigenvalue weighted by atomic mass is 9.85. The molecule has 610 valence electrons. The molecule has 27 atom stereocenters. The van der Waals surface area contributed by atoms with Crippen LogP contribution in [0.25, 0.3) is 0 Å². The molecule has 0 saturated carbocycles. The van der Waals surface area contributed by atoms with Gasteiger partial charge in [0.2, 0.25) is 17.7 Å². The Balaban J connectivity index is 1.13. The fourth-order valence-corrected chi connectivity index (χ4v) is 13.6. The molecule has 0 aromatic heterocycles. The Labute approximate surface area is 621 Å². The number of nitrogens with two attached hydrogens (primary N) is 2. The van der Waals surface area contributed by atoms with Crippen molar-refractivity contribution in [3.8, 4) is 0 Å². The summed E-state index contributed by atoms with van der Waals surface area (Å²) in [6.45, 7) is 15.6. The monoisotopic (exact) mass is 1570 g/mol. The number of aliphatic hydroxyl groups is 10. The van der Waals surface area contributed by atoms with E-state index < -0.39 is 240 Å². The maximum absolute atomic E-state index is 14.1. The van der Waals surface area contributed by atoms with Gasteiger partial charge >= 0.3 is 19.9 Å². The first-order valence-corrected chi connectivity index (χ1v) is 36.5. The van der Waals surface area contributed by atoms with Crippen molar-refractivity contribution in [1.82, 2.24) is 16.0 Å². The third-order valence-corrected chi connectivity index (χ3v) is 19.8. The predicted octanol–water partition coefficient (Wildman–Crippen LogP) is -2.05. The fourth-order valence-electron chi connectivity index (χ4n) is 12.8. The van der Waals surface area contributed by atoms with E-state index in [1.54, 1.807) is 13.0 Å². The Bertz CT molecular complexity index is 3380. The lowest BCUT2D eigenvalue weighted by molar-refractivity contribution is -0.415. The number of allylic oxidation sites excluding steroid dienone is 10. The number of carboxylic acid groups (broad SMARTS) is 1. The van der Waals surface area contributed by atoms with Crippen LogP contribution in [-0.2, 0) is 99.2 Å². The number of carbonyl (C=O) groups is 7. The molecule has 6 fully saturated rings. The summed E-state index contributed by atoms with van der Waals surface area (Å²) >= 11 is 0. The van der Waals surface area contributed by atoms with Crippen molar-refractivity contribution in [3.05, 3.63) is 70.7 Å². The molecule has 7 aliphatic rings. The van der Waals surface area contributed by atoms with Gasteiger partial charge in [-0.1, -0.05) is 73.1 Å². The minimum atomic E-state index is -5.83. The van der Waals surface area contributed by atoms with E-state index in [4.69, 9.17) is 77.4 Å². The number of Topliss-reactive ketones (excluding diaryl/α,β-unsaturated/α-hetero) is 1. The van der Waals surface area contributed by atoms with E-state index in [1.165, 1.54) is 11.1 Å². The van der Waals surface area contributed by atoms with E-state index in [2.05, 4.69) is 75.4 Å². The summed E-state index contributed by atoms with van der Waals surface area (Å²) in [4.78, 5) is 102. The van der Waals surface area contributed by atoms with Gasteiger partial charge in [0, 0.05) is 26.7 Å². The van der Waals surface area contributed by atoms with Crippen LogP contribution in [0, 0.1) is 5.41 Å². The van der Waals surface area contributed by atoms with Crippen LogP contribution >= 0.6 is 7.82 Å². The number of aliphatic carboxylic acids is 1. The number of ketones is 1. The average Bonchev–Trinajstić information content (AvgIpc) is 0.775. The Morgan fingerprint density at radius 1 is 0.731 bits per heavy atom. The minimum Gasteiger partial charge on any atom is -0.510 e. The molecule has 4 bridgehead atoms. The van der Waals surface area contributed by atoms with Gasteiger partial charge in [-0.15, -0.1) is 0 Å². The largest absolute Gasteiger partial charge is 0.510 e. The molecule has 1 aliphatic carbocycles. The molecule has 40 heteroatoms. The second-order valence-electron chi connectivity index (χ2n) is 28.6. The van der Waals surface area contributed by atoms with Gasteiger partial charge in [-0.2, -0.15) is 0 Å². The third-order valence-electron chi connectivity index (χ3n) is 18.9. The first-order chi connectivity index (χ1) is 50.5.